The van der Waals surface area contributed by atoms with Crippen molar-refractivity contribution < 1.29 is 19.1 Å². The van der Waals surface area contributed by atoms with E-state index < -0.39 is 11.8 Å². The molecule has 130 valence electrons. The molecule has 0 fully saturated rings. The molecule has 2 aromatic carbocycles. The molecule has 0 saturated heterocycles. The molecular weight excluding hydrogens is 344 g/mol. The molecule has 0 heterocycles. The fraction of sp³-hybridized carbons (Fsp3) is 0.111. The van der Waals surface area contributed by atoms with Crippen LogP contribution in [0.15, 0.2) is 48.5 Å². The second kappa shape index (κ2) is 8.75. The standard InChI is InChI=1S/C18H17ClN2O4/c1-24-15-8-12(9-16(11-15)25-2)6-7-17(22)20-21-18(23)13-4-3-5-14(19)10-13/h3-11H,1-2H3,(H,20,22)(H,21,23)/b7-6+. The molecular formula is C18H17ClN2O4. The van der Waals surface area contributed by atoms with Gasteiger partial charge < -0.3 is 9.47 Å². The van der Waals surface area contributed by atoms with E-state index in [0.717, 1.165) is 0 Å². The molecule has 6 nitrogen and oxygen atoms in total. The molecule has 0 aliphatic heterocycles. The zero-order valence-corrected chi connectivity index (χ0v) is 14.5. The van der Waals surface area contributed by atoms with Gasteiger partial charge >= 0.3 is 0 Å². The second-order valence-electron chi connectivity index (χ2n) is 4.93. The summed E-state index contributed by atoms with van der Waals surface area (Å²) in [5, 5.41) is 0.436. The Labute approximate surface area is 150 Å². The van der Waals surface area contributed by atoms with E-state index >= 15 is 0 Å². The van der Waals surface area contributed by atoms with Crippen LogP contribution in [-0.4, -0.2) is 26.0 Å². The zero-order valence-electron chi connectivity index (χ0n) is 13.7. The third-order valence-electron chi connectivity index (χ3n) is 3.19. The zero-order chi connectivity index (χ0) is 18.2. The molecule has 25 heavy (non-hydrogen) atoms. The van der Waals surface area contributed by atoms with Crippen LogP contribution in [0, 0.1) is 0 Å². The van der Waals surface area contributed by atoms with Gasteiger partial charge in [0.05, 0.1) is 14.2 Å². The number of ether oxygens (including phenoxy) is 2. The highest BCUT2D eigenvalue weighted by Crippen LogP contribution is 2.23. The maximum absolute atomic E-state index is 11.9. The highest BCUT2D eigenvalue weighted by Gasteiger charge is 2.06. The van der Waals surface area contributed by atoms with Gasteiger partial charge in [0, 0.05) is 22.7 Å². The SMILES string of the molecule is COc1cc(/C=C/C(=O)NNC(=O)c2cccc(Cl)c2)cc(OC)c1. The van der Waals surface area contributed by atoms with Crippen molar-refractivity contribution in [3.8, 4) is 11.5 Å². The summed E-state index contributed by atoms with van der Waals surface area (Å²) in [7, 11) is 3.08. The number of carbonyl (C=O) groups is 2. The number of hydrazine groups is 1. The lowest BCUT2D eigenvalue weighted by Gasteiger charge is -2.06. The van der Waals surface area contributed by atoms with Gasteiger partial charge in [0.1, 0.15) is 11.5 Å². The van der Waals surface area contributed by atoms with Crippen LogP contribution in [0.5, 0.6) is 11.5 Å². The fourth-order valence-electron chi connectivity index (χ4n) is 1.96. The highest BCUT2D eigenvalue weighted by atomic mass is 35.5. The Balaban J connectivity index is 1.96. The van der Waals surface area contributed by atoms with Crippen molar-refractivity contribution >= 4 is 29.5 Å². The van der Waals surface area contributed by atoms with Crippen molar-refractivity contribution in [1.29, 1.82) is 0 Å². The molecule has 0 aromatic heterocycles. The first kappa shape index (κ1) is 18.4. The van der Waals surface area contributed by atoms with Crippen LogP contribution in [0.3, 0.4) is 0 Å². The van der Waals surface area contributed by atoms with E-state index in [4.69, 9.17) is 21.1 Å². The van der Waals surface area contributed by atoms with Crippen LogP contribution in [0.1, 0.15) is 15.9 Å². The maximum Gasteiger partial charge on any atom is 0.269 e. The number of methoxy groups -OCH3 is 2. The monoisotopic (exact) mass is 360 g/mol. The second-order valence-corrected chi connectivity index (χ2v) is 5.37. The first-order chi connectivity index (χ1) is 12.0. The van der Waals surface area contributed by atoms with Gasteiger partial charge in [-0.2, -0.15) is 0 Å². The Bertz CT molecular complexity index is 783. The molecule has 2 aromatic rings. The highest BCUT2D eigenvalue weighted by molar-refractivity contribution is 6.30. The molecule has 2 N–H and O–H groups in total. The summed E-state index contributed by atoms with van der Waals surface area (Å²) in [6.45, 7) is 0. The summed E-state index contributed by atoms with van der Waals surface area (Å²) in [4.78, 5) is 23.7. The molecule has 0 bridgehead atoms. The number of hydrogen-bond donors (Lipinski definition) is 2. The van der Waals surface area contributed by atoms with Crippen molar-refractivity contribution in [2.45, 2.75) is 0 Å². The Hall–Kier alpha value is -2.99. The number of rotatable bonds is 5. The molecule has 0 saturated carbocycles. The van der Waals surface area contributed by atoms with Crippen LogP contribution in [0.4, 0.5) is 0 Å². The van der Waals surface area contributed by atoms with Crippen molar-refractivity contribution in [2.24, 2.45) is 0 Å². The van der Waals surface area contributed by atoms with Gasteiger partial charge in [-0.25, -0.2) is 0 Å². The minimum atomic E-state index is -0.489. The van der Waals surface area contributed by atoms with Crippen molar-refractivity contribution in [2.75, 3.05) is 14.2 Å². The summed E-state index contributed by atoms with van der Waals surface area (Å²) in [6.07, 6.45) is 2.86. The van der Waals surface area contributed by atoms with Crippen LogP contribution in [0.25, 0.3) is 6.08 Å². The average molecular weight is 361 g/mol. The van der Waals surface area contributed by atoms with Gasteiger partial charge in [-0.3, -0.25) is 20.4 Å². The lowest BCUT2D eigenvalue weighted by molar-refractivity contribution is -0.117. The Morgan fingerprint density at radius 1 is 1.00 bits per heavy atom. The molecule has 0 radical (unpaired) electrons. The molecule has 0 unspecified atom stereocenters. The summed E-state index contributed by atoms with van der Waals surface area (Å²) in [6, 6.07) is 11.6. The number of nitrogens with one attached hydrogen (secondary N) is 2. The Morgan fingerprint density at radius 2 is 1.68 bits per heavy atom. The topological polar surface area (TPSA) is 76.7 Å². The average Bonchev–Trinajstić information content (AvgIpc) is 2.63. The summed E-state index contributed by atoms with van der Waals surface area (Å²) >= 11 is 5.82. The van der Waals surface area contributed by atoms with E-state index in [2.05, 4.69) is 10.9 Å². The van der Waals surface area contributed by atoms with Gasteiger partial charge in [0.2, 0.25) is 0 Å². The van der Waals surface area contributed by atoms with E-state index in [0.29, 0.717) is 27.6 Å². The fourth-order valence-corrected chi connectivity index (χ4v) is 2.15. The van der Waals surface area contributed by atoms with E-state index in [1.807, 2.05) is 0 Å². The predicted octanol–water partition coefficient (Wildman–Crippen LogP) is 2.83. The molecule has 0 spiro atoms. The molecule has 0 aliphatic rings. The van der Waals surface area contributed by atoms with E-state index in [1.54, 1.807) is 56.7 Å². The third-order valence-corrected chi connectivity index (χ3v) is 3.42. The molecule has 7 heteroatoms. The number of halogens is 1. The molecule has 2 rings (SSSR count). The molecule has 0 atom stereocenters. The predicted molar refractivity (Wildman–Crippen MR) is 95.6 cm³/mol. The first-order valence-electron chi connectivity index (χ1n) is 7.29. The van der Waals surface area contributed by atoms with Crippen molar-refractivity contribution in [3.05, 3.63) is 64.7 Å². The van der Waals surface area contributed by atoms with Crippen molar-refractivity contribution in [3.63, 3.8) is 0 Å². The third kappa shape index (κ3) is 5.54. The van der Waals surface area contributed by atoms with Crippen LogP contribution < -0.4 is 20.3 Å². The van der Waals surface area contributed by atoms with Gasteiger partial charge in [0.15, 0.2) is 0 Å². The van der Waals surface area contributed by atoms with E-state index in [9.17, 15) is 9.59 Å². The number of amides is 2. The normalized spacial score (nSPS) is 10.4. The smallest absolute Gasteiger partial charge is 0.269 e. The van der Waals surface area contributed by atoms with Crippen molar-refractivity contribution in [1.82, 2.24) is 10.9 Å². The number of carbonyl (C=O) groups excluding carboxylic acids is 2. The minimum Gasteiger partial charge on any atom is -0.497 e. The minimum absolute atomic E-state index is 0.342. The van der Waals surface area contributed by atoms with E-state index in [1.165, 1.54) is 12.1 Å². The van der Waals surface area contributed by atoms with Gasteiger partial charge in [0.25, 0.3) is 11.8 Å². The lowest BCUT2D eigenvalue weighted by atomic mass is 10.2. The quantitative estimate of drug-likeness (QED) is 0.635. The summed E-state index contributed by atoms with van der Waals surface area (Å²) in [5.41, 5.74) is 5.66. The summed E-state index contributed by atoms with van der Waals surface area (Å²) < 4.78 is 10.3. The van der Waals surface area contributed by atoms with Crippen LogP contribution in [-0.2, 0) is 4.79 Å². The molecule has 2 amide bonds. The van der Waals surface area contributed by atoms with Gasteiger partial charge in [-0.1, -0.05) is 17.7 Å². The van der Waals surface area contributed by atoms with E-state index in [-0.39, 0.29) is 0 Å². The first-order valence-corrected chi connectivity index (χ1v) is 7.66. The number of hydrogen-bond acceptors (Lipinski definition) is 4. The maximum atomic E-state index is 11.9. The lowest BCUT2D eigenvalue weighted by Crippen LogP contribution is -2.40. The van der Waals surface area contributed by atoms with Crippen LogP contribution >= 0.6 is 11.6 Å². The van der Waals surface area contributed by atoms with Gasteiger partial charge in [-0.15, -0.1) is 0 Å². The summed E-state index contributed by atoms with van der Waals surface area (Å²) in [5.74, 6) is 0.256. The Kier molecular flexibility index (Phi) is 6.42. The molecule has 0 aliphatic carbocycles. The van der Waals surface area contributed by atoms with Crippen LogP contribution in [0.2, 0.25) is 5.02 Å². The largest absolute Gasteiger partial charge is 0.497 e. The number of benzene rings is 2. The van der Waals surface area contributed by atoms with Gasteiger partial charge in [-0.05, 0) is 42.0 Å². The Morgan fingerprint density at radius 3 is 2.28 bits per heavy atom.